The second-order valence-corrected chi connectivity index (χ2v) is 19.8. The van der Waals surface area contributed by atoms with Crippen LogP contribution in [0.15, 0.2) is 94.5 Å². The van der Waals surface area contributed by atoms with Crippen molar-refractivity contribution in [3.8, 4) is 0 Å². The van der Waals surface area contributed by atoms with E-state index in [-0.39, 0.29) is 61.5 Å². The molecule has 4 aromatic carbocycles. The Balaban J connectivity index is 0.885. The molecule has 76 heavy (non-hydrogen) atoms. The number of rotatable bonds is 17. The highest BCUT2D eigenvalue weighted by Crippen LogP contribution is 2.38. The molecule has 6 aromatic rings. The van der Waals surface area contributed by atoms with Crippen LogP contribution in [0.2, 0.25) is 0 Å². The van der Waals surface area contributed by atoms with Gasteiger partial charge in [0.1, 0.15) is 24.7 Å². The maximum absolute atomic E-state index is 15.9. The number of benzene rings is 4. The van der Waals surface area contributed by atoms with Gasteiger partial charge >= 0.3 is 35.8 Å². The number of hydrogen-bond acceptors (Lipinski definition) is 14. The molecule has 4 aliphatic rings. The average Bonchev–Trinajstić information content (AvgIpc) is 4.25. The lowest BCUT2D eigenvalue weighted by molar-refractivity contribution is -1.03. The van der Waals surface area contributed by atoms with E-state index in [2.05, 4.69) is 30.2 Å². The van der Waals surface area contributed by atoms with E-state index >= 15 is 8.78 Å². The third kappa shape index (κ3) is 9.56. The maximum Gasteiger partial charge on any atom is 0.473 e. The standard InChI is InChI=1S/C54H54F2N10O10/c1-33-51(71)63(45-31-35(15-17-41(45)55)29-43-37-11-3-5-13-39(37)49(69)59-57-43)53(73)65(33,27-25-61-21-7-8-22-61)75-47(67)19-20-48(68)76-66(28-26-62-23-9-10-24-62)34(2)52(72)64(54(66)74)46-32-36(16-18-42(46)56)30-44-38-12-4-6-14-40(38)50(70)60-58-44/h3-6,11-18,31-34H,7-10,19-30H2,1-2H3/p+2. The number of hydroxylamine groups is 6. The van der Waals surface area contributed by atoms with Crippen LogP contribution in [0.4, 0.5) is 29.7 Å². The van der Waals surface area contributed by atoms with Gasteiger partial charge in [0.05, 0.1) is 59.5 Å². The number of amides is 6. The number of imide groups is 2. The van der Waals surface area contributed by atoms with E-state index in [0.29, 0.717) is 80.0 Å². The molecule has 4 atom stereocenters. The fraction of sp³-hybridized carbons (Fsp3) is 0.370. The van der Waals surface area contributed by atoms with Crippen molar-refractivity contribution >= 4 is 68.7 Å². The van der Waals surface area contributed by atoms with Crippen molar-refractivity contribution in [2.75, 3.05) is 62.2 Å². The smallest absolute Gasteiger partial charge is 0.298 e. The lowest BCUT2D eigenvalue weighted by Crippen LogP contribution is -2.59. The topological polar surface area (TPSA) is 225 Å². The molecular weight excluding hydrogens is 987 g/mol. The van der Waals surface area contributed by atoms with Crippen LogP contribution >= 0.6 is 0 Å². The summed E-state index contributed by atoms with van der Waals surface area (Å²) < 4.78 is 29.5. The highest BCUT2D eigenvalue weighted by atomic mass is 19.1. The second-order valence-electron chi connectivity index (χ2n) is 19.8. The molecule has 0 bridgehead atoms. The van der Waals surface area contributed by atoms with Crippen LogP contribution in [0.3, 0.4) is 0 Å². The number of carbonyl (C=O) groups excluding carboxylic acids is 6. The minimum absolute atomic E-state index is 0.0878. The van der Waals surface area contributed by atoms with Gasteiger partial charge in [0, 0.05) is 37.5 Å². The number of nitrogens with one attached hydrogen (secondary N) is 2. The molecule has 4 unspecified atom stereocenters. The van der Waals surface area contributed by atoms with Crippen molar-refractivity contribution < 1.29 is 56.5 Å². The number of halogens is 2. The Morgan fingerprint density at radius 2 is 0.934 bits per heavy atom. The number of anilines is 2. The third-order valence-electron chi connectivity index (χ3n) is 15.2. The quantitative estimate of drug-likeness (QED) is 0.0844. The summed E-state index contributed by atoms with van der Waals surface area (Å²) in [6.07, 6.45) is 2.36. The predicted molar refractivity (Wildman–Crippen MR) is 271 cm³/mol. The summed E-state index contributed by atoms with van der Waals surface area (Å²) in [7, 11) is 0. The number of aromatic nitrogens is 4. The van der Waals surface area contributed by atoms with Gasteiger partial charge in [-0.1, -0.05) is 48.5 Å². The number of hydrogen-bond donors (Lipinski definition) is 2. The summed E-state index contributed by atoms with van der Waals surface area (Å²) in [5.74, 6) is -5.64. The van der Waals surface area contributed by atoms with Gasteiger partial charge in [0.25, 0.3) is 11.1 Å². The Hall–Kier alpha value is -7.92. The highest BCUT2D eigenvalue weighted by Gasteiger charge is 2.65. The van der Waals surface area contributed by atoms with Gasteiger partial charge in [-0.2, -0.15) is 20.0 Å². The Bertz CT molecular complexity index is 3230. The van der Waals surface area contributed by atoms with Gasteiger partial charge in [-0.3, -0.25) is 38.7 Å². The largest absolute Gasteiger partial charge is 0.473 e. The van der Waals surface area contributed by atoms with E-state index < -0.39 is 81.7 Å². The molecular formula is C54H56F2N10O10+2. The zero-order chi connectivity index (χ0) is 53.5. The van der Waals surface area contributed by atoms with Crippen molar-refractivity contribution in [1.82, 2.24) is 30.2 Å². The van der Waals surface area contributed by atoms with Crippen LogP contribution in [0.1, 0.15) is 74.9 Å². The molecule has 0 radical (unpaired) electrons. The summed E-state index contributed by atoms with van der Waals surface area (Å²) in [4.78, 5) is 129. The number of urea groups is 2. The zero-order valence-corrected chi connectivity index (χ0v) is 42.0. The molecule has 2 N–H and O–H groups in total. The molecule has 0 aliphatic carbocycles. The molecule has 2 aromatic heterocycles. The van der Waals surface area contributed by atoms with E-state index in [4.69, 9.17) is 9.68 Å². The summed E-state index contributed by atoms with van der Waals surface area (Å²) >= 11 is 0. The molecule has 22 heteroatoms. The minimum Gasteiger partial charge on any atom is -0.298 e. The van der Waals surface area contributed by atoms with Crippen molar-refractivity contribution in [2.45, 2.75) is 77.3 Å². The van der Waals surface area contributed by atoms with Gasteiger partial charge in [0.15, 0.2) is 0 Å². The summed E-state index contributed by atoms with van der Waals surface area (Å²) in [5.41, 5.74) is 0.291. The maximum atomic E-state index is 15.9. The number of H-pyrrole nitrogens is 2. The SMILES string of the molecule is CC1C(=O)N(c2cc(Cc3n[nH]c(=O)c4ccccc34)ccc2F)C(=O)[N+]1(CCN1CCCC1)OC(=O)CCC(=O)O[N+]1(CCN2CCCC2)C(=O)N(c2cc(Cc3n[nH]c(=O)c4ccccc34)ccc2F)C(=O)C1C. The second kappa shape index (κ2) is 21.0. The molecule has 394 valence electrons. The Morgan fingerprint density at radius 3 is 1.32 bits per heavy atom. The van der Waals surface area contributed by atoms with Gasteiger partial charge in [-0.15, -0.1) is 0 Å². The van der Waals surface area contributed by atoms with Crippen LogP contribution in [0, 0.1) is 11.6 Å². The van der Waals surface area contributed by atoms with Crippen LogP contribution in [0.25, 0.3) is 21.5 Å². The van der Waals surface area contributed by atoms with E-state index in [0.717, 1.165) is 37.8 Å². The molecule has 4 aliphatic heterocycles. The normalized spacial score (nSPS) is 22.2. The minimum atomic E-state index is -1.36. The van der Waals surface area contributed by atoms with Crippen LogP contribution in [-0.2, 0) is 41.7 Å². The van der Waals surface area contributed by atoms with E-state index in [1.54, 1.807) is 48.5 Å². The Kier molecular flexibility index (Phi) is 14.3. The van der Waals surface area contributed by atoms with Crippen LogP contribution < -0.4 is 20.9 Å². The average molecular weight is 1040 g/mol. The first kappa shape index (κ1) is 51.6. The first-order valence-corrected chi connectivity index (χ1v) is 25.5. The Morgan fingerprint density at radius 1 is 0.566 bits per heavy atom. The molecule has 20 nitrogen and oxygen atoms in total. The molecule has 4 saturated heterocycles. The molecule has 10 rings (SSSR count). The van der Waals surface area contributed by atoms with Crippen molar-refractivity contribution in [1.29, 1.82) is 0 Å². The number of quaternary nitrogens is 2. The lowest BCUT2D eigenvalue weighted by atomic mass is 10.0. The van der Waals surface area contributed by atoms with Crippen molar-refractivity contribution in [2.24, 2.45) is 0 Å². The van der Waals surface area contributed by atoms with Crippen LogP contribution in [0.5, 0.6) is 0 Å². The third-order valence-corrected chi connectivity index (χ3v) is 15.2. The number of likely N-dealkylation sites (tertiary alicyclic amines) is 2. The first-order valence-electron chi connectivity index (χ1n) is 25.5. The zero-order valence-electron chi connectivity index (χ0n) is 42.0. The summed E-state index contributed by atoms with van der Waals surface area (Å²) in [6.45, 7) is 5.67. The fourth-order valence-corrected chi connectivity index (χ4v) is 10.9. The monoisotopic (exact) mass is 1040 g/mol. The van der Waals surface area contributed by atoms with Gasteiger partial charge in [0.2, 0.25) is 12.1 Å². The molecule has 0 spiro atoms. The van der Waals surface area contributed by atoms with E-state index in [1.165, 1.54) is 38.1 Å². The van der Waals surface area contributed by atoms with Gasteiger partial charge in [-0.05, 0) is 109 Å². The summed E-state index contributed by atoms with van der Waals surface area (Å²) in [6, 6.07) is 16.7. The molecule has 6 amide bonds. The van der Waals surface area contributed by atoms with E-state index in [1.807, 2.05) is 0 Å². The lowest BCUT2D eigenvalue weighted by Gasteiger charge is -2.32. The van der Waals surface area contributed by atoms with Gasteiger partial charge in [-0.25, -0.2) is 38.2 Å². The molecule has 4 fully saturated rings. The van der Waals surface area contributed by atoms with Crippen LogP contribution in [-0.4, -0.2) is 140 Å². The predicted octanol–water partition coefficient (Wildman–Crippen LogP) is 5.55. The first-order chi connectivity index (χ1) is 36.6. The highest BCUT2D eigenvalue weighted by molar-refractivity contribution is 6.18. The molecule has 6 heterocycles. The van der Waals surface area contributed by atoms with E-state index in [9.17, 15) is 38.4 Å². The fourth-order valence-electron chi connectivity index (χ4n) is 10.9. The van der Waals surface area contributed by atoms with Gasteiger partial charge < -0.3 is 0 Å². The van der Waals surface area contributed by atoms with Crippen molar-refractivity contribution in [3.05, 3.63) is 140 Å². The number of carbonyl (C=O) groups is 6. The van der Waals surface area contributed by atoms with Crippen molar-refractivity contribution in [3.63, 3.8) is 0 Å². The number of aromatic amines is 2. The number of fused-ring (bicyclic) bond motifs is 2. The summed E-state index contributed by atoms with van der Waals surface area (Å²) in [5, 5.41) is 15.3. The Labute approximate surface area is 433 Å². The number of nitrogens with zero attached hydrogens (tertiary/aromatic N) is 8. The molecule has 0 saturated carbocycles.